The van der Waals surface area contributed by atoms with Crippen molar-refractivity contribution in [1.82, 2.24) is 14.7 Å². The number of aliphatic hydroxyl groups is 1. The third kappa shape index (κ3) is 4.40. The lowest BCUT2D eigenvalue weighted by atomic mass is 9.75. The van der Waals surface area contributed by atoms with Gasteiger partial charge in [0, 0.05) is 50.6 Å². The van der Waals surface area contributed by atoms with Gasteiger partial charge in [0.2, 0.25) is 11.8 Å². The van der Waals surface area contributed by atoms with Crippen molar-refractivity contribution in [1.29, 1.82) is 0 Å². The van der Waals surface area contributed by atoms with Gasteiger partial charge in [-0.3, -0.25) is 19.3 Å². The zero-order valence-corrected chi connectivity index (χ0v) is 21.8. The molecular formula is C26H37N3O6S. The Bertz CT molecular complexity index is 937. The number of carbonyl (C=O) groups excluding carboxylic acids is 3. The van der Waals surface area contributed by atoms with Gasteiger partial charge < -0.3 is 24.4 Å². The molecule has 0 saturated carbocycles. The first kappa shape index (κ1) is 25.8. The number of fused-ring (bicyclic) bond motifs is 2. The quantitative estimate of drug-likeness (QED) is 0.284. The van der Waals surface area contributed by atoms with Crippen molar-refractivity contribution in [2.75, 3.05) is 65.7 Å². The van der Waals surface area contributed by atoms with Crippen LogP contribution in [-0.4, -0.2) is 119 Å². The Hall–Kier alpha value is -1.88. The summed E-state index contributed by atoms with van der Waals surface area (Å²) in [4.78, 5) is 47.3. The summed E-state index contributed by atoms with van der Waals surface area (Å²) in [6, 6.07) is -0.664. The molecule has 3 saturated heterocycles. The average molecular weight is 520 g/mol. The van der Waals surface area contributed by atoms with E-state index in [9.17, 15) is 19.5 Å². The maximum Gasteiger partial charge on any atom is 0.311 e. The highest BCUT2D eigenvalue weighted by atomic mass is 32.2. The molecule has 198 valence electrons. The lowest BCUT2D eigenvalue weighted by Crippen LogP contribution is -2.54. The van der Waals surface area contributed by atoms with Gasteiger partial charge in [0.05, 0.1) is 29.8 Å². The molecule has 5 rings (SSSR count). The predicted molar refractivity (Wildman–Crippen MR) is 135 cm³/mol. The second kappa shape index (κ2) is 10.5. The maximum absolute atomic E-state index is 14.2. The van der Waals surface area contributed by atoms with Gasteiger partial charge in [0.15, 0.2) is 0 Å². The topological polar surface area (TPSA) is 99.6 Å². The van der Waals surface area contributed by atoms with E-state index < -0.39 is 27.4 Å². The number of hydrogen-bond acceptors (Lipinski definition) is 8. The molecule has 2 amide bonds. The largest absolute Gasteiger partial charge is 0.461 e. The number of aliphatic hydroxyl groups excluding tert-OH is 1. The van der Waals surface area contributed by atoms with Crippen LogP contribution in [0.3, 0.4) is 0 Å². The molecule has 9 nitrogen and oxygen atoms in total. The van der Waals surface area contributed by atoms with E-state index in [0.29, 0.717) is 45.7 Å². The molecule has 0 aromatic heterocycles. The Morgan fingerprint density at radius 3 is 2.58 bits per heavy atom. The molecule has 0 aromatic carbocycles. The Morgan fingerprint density at radius 2 is 1.81 bits per heavy atom. The fourth-order valence-electron chi connectivity index (χ4n) is 6.50. The number of carbonyl (C=O) groups is 3. The molecular weight excluding hydrogens is 482 g/mol. The zero-order chi connectivity index (χ0) is 25.3. The highest BCUT2D eigenvalue weighted by molar-refractivity contribution is 8.02. The average Bonchev–Trinajstić information content (AvgIpc) is 3.12. The number of ether oxygens (including phenoxy) is 2. The number of nitrogens with zero attached hydrogens (tertiary/aromatic N) is 3. The predicted octanol–water partition coefficient (Wildman–Crippen LogP) is 0.680. The molecule has 5 aliphatic rings. The van der Waals surface area contributed by atoms with Gasteiger partial charge in [0.1, 0.15) is 12.6 Å². The number of unbranched alkanes of at least 4 members (excludes halogenated alkanes) is 2. The number of morpholine rings is 1. The number of hydrogen-bond donors (Lipinski definition) is 1. The van der Waals surface area contributed by atoms with Gasteiger partial charge in [-0.25, -0.2) is 0 Å². The van der Waals surface area contributed by atoms with Gasteiger partial charge in [-0.15, -0.1) is 11.8 Å². The summed E-state index contributed by atoms with van der Waals surface area (Å²) < 4.78 is 9.48. The van der Waals surface area contributed by atoms with Crippen molar-refractivity contribution < 1.29 is 29.0 Å². The van der Waals surface area contributed by atoms with Crippen molar-refractivity contribution in [3.05, 3.63) is 24.3 Å². The molecule has 3 fully saturated rings. The molecule has 36 heavy (non-hydrogen) atoms. The number of thioether (sulfide) groups is 1. The van der Waals surface area contributed by atoms with Crippen LogP contribution in [0.1, 0.15) is 26.2 Å². The third-order valence-electron chi connectivity index (χ3n) is 8.24. The summed E-state index contributed by atoms with van der Waals surface area (Å²) in [5.74, 6) is -1.83. The van der Waals surface area contributed by atoms with Gasteiger partial charge in [0.25, 0.3) is 0 Å². The standard InChI is InChI=1S/C26H37N3O6S/c1-25-7-6-16-35-24(33)20(25)19-22(31)29(10-3-2-4-15-30)21-23(32)28(9-5-8-26(19,21)36-25)12-11-27-13-17-34-18-14-27/h5-8,19-21,30H,2-4,9-18H2,1H3/t19-,20+,21?,25-,26-/m0/s1. The fraction of sp³-hybridized carbons (Fsp3) is 0.731. The molecule has 5 aliphatic heterocycles. The van der Waals surface area contributed by atoms with Crippen LogP contribution < -0.4 is 0 Å². The Morgan fingerprint density at radius 1 is 1.00 bits per heavy atom. The van der Waals surface area contributed by atoms with E-state index in [1.165, 1.54) is 0 Å². The van der Waals surface area contributed by atoms with Crippen LogP contribution in [-0.2, 0) is 23.9 Å². The number of cyclic esters (lactones) is 1. The number of rotatable bonds is 8. The molecule has 10 heteroatoms. The van der Waals surface area contributed by atoms with Crippen molar-refractivity contribution >= 4 is 29.5 Å². The molecule has 0 aliphatic carbocycles. The lowest BCUT2D eigenvalue weighted by Gasteiger charge is -2.37. The molecule has 0 bridgehead atoms. The van der Waals surface area contributed by atoms with Crippen molar-refractivity contribution in [2.24, 2.45) is 11.8 Å². The van der Waals surface area contributed by atoms with Crippen LogP contribution in [0, 0.1) is 11.8 Å². The Kier molecular flexibility index (Phi) is 7.49. The minimum atomic E-state index is -0.820. The van der Waals surface area contributed by atoms with Gasteiger partial charge >= 0.3 is 5.97 Å². The zero-order valence-electron chi connectivity index (χ0n) is 21.0. The van der Waals surface area contributed by atoms with Crippen LogP contribution in [0.2, 0.25) is 0 Å². The monoisotopic (exact) mass is 519 g/mol. The fourth-order valence-corrected chi connectivity index (χ4v) is 8.65. The van der Waals surface area contributed by atoms with Crippen LogP contribution >= 0.6 is 11.8 Å². The molecule has 1 unspecified atom stereocenters. The van der Waals surface area contributed by atoms with Crippen LogP contribution in [0.5, 0.6) is 0 Å². The third-order valence-corrected chi connectivity index (χ3v) is 10.0. The first-order valence-corrected chi connectivity index (χ1v) is 14.0. The van der Waals surface area contributed by atoms with E-state index in [2.05, 4.69) is 4.90 Å². The second-order valence-corrected chi connectivity index (χ2v) is 12.3. The van der Waals surface area contributed by atoms with E-state index in [4.69, 9.17) is 9.47 Å². The van der Waals surface area contributed by atoms with Crippen LogP contribution in [0.4, 0.5) is 0 Å². The Balaban J connectivity index is 1.46. The van der Waals surface area contributed by atoms with Gasteiger partial charge in [-0.05, 0) is 32.3 Å². The van der Waals surface area contributed by atoms with E-state index >= 15 is 0 Å². The van der Waals surface area contributed by atoms with Crippen LogP contribution in [0.15, 0.2) is 24.3 Å². The van der Waals surface area contributed by atoms with Crippen molar-refractivity contribution in [3.8, 4) is 0 Å². The number of esters is 1. The Labute approximate surface area is 216 Å². The smallest absolute Gasteiger partial charge is 0.311 e. The highest BCUT2D eigenvalue weighted by Crippen LogP contribution is 2.65. The minimum Gasteiger partial charge on any atom is -0.461 e. The molecule has 1 N–H and O–H groups in total. The summed E-state index contributed by atoms with van der Waals surface area (Å²) in [5.41, 5.74) is 0. The minimum absolute atomic E-state index is 0.0452. The van der Waals surface area contributed by atoms with Crippen molar-refractivity contribution in [2.45, 2.75) is 41.7 Å². The number of amides is 2. The summed E-state index contributed by atoms with van der Waals surface area (Å²) in [5, 5.41) is 9.20. The first-order valence-electron chi connectivity index (χ1n) is 13.1. The van der Waals surface area contributed by atoms with E-state index in [1.807, 2.05) is 36.1 Å². The molecule has 0 radical (unpaired) electrons. The van der Waals surface area contributed by atoms with E-state index in [-0.39, 0.29) is 31.0 Å². The lowest BCUT2D eigenvalue weighted by molar-refractivity contribution is -0.152. The maximum atomic E-state index is 14.2. The summed E-state index contributed by atoms with van der Waals surface area (Å²) in [6.45, 7) is 7.70. The van der Waals surface area contributed by atoms with Gasteiger partial charge in [-0.2, -0.15) is 0 Å². The first-order chi connectivity index (χ1) is 17.4. The SMILES string of the molecule is C[C@]12C=CCOC(=O)[C@H]1[C@H]1C(=O)N(CCCCCO)C3C(=O)N(CCN4CCOCC4)CC=C[C@@]31S2. The molecule has 5 heterocycles. The van der Waals surface area contributed by atoms with Crippen LogP contribution in [0.25, 0.3) is 0 Å². The van der Waals surface area contributed by atoms with E-state index in [1.54, 1.807) is 16.7 Å². The van der Waals surface area contributed by atoms with Gasteiger partial charge in [-0.1, -0.05) is 18.2 Å². The molecule has 1 spiro atoms. The normalized spacial score (nSPS) is 36.4. The number of likely N-dealkylation sites (tertiary alicyclic amines) is 1. The second-order valence-electron chi connectivity index (χ2n) is 10.5. The van der Waals surface area contributed by atoms with E-state index in [0.717, 1.165) is 26.1 Å². The highest BCUT2D eigenvalue weighted by Gasteiger charge is 2.73. The summed E-state index contributed by atoms with van der Waals surface area (Å²) in [6.07, 6.45) is 10.0. The molecule has 5 atom stereocenters. The van der Waals surface area contributed by atoms with Crippen molar-refractivity contribution in [3.63, 3.8) is 0 Å². The molecule has 0 aromatic rings. The summed E-state index contributed by atoms with van der Waals surface area (Å²) >= 11 is 1.58. The summed E-state index contributed by atoms with van der Waals surface area (Å²) in [7, 11) is 0.